The molecule has 0 spiro atoms. The summed E-state index contributed by atoms with van der Waals surface area (Å²) in [6.07, 6.45) is 3.00. The van der Waals surface area contributed by atoms with Crippen molar-refractivity contribution in [3.05, 3.63) is 89.2 Å². The molecule has 1 N–H and O–H groups in total. The molecule has 176 valence electrons. The molecule has 6 nitrogen and oxygen atoms in total. The lowest BCUT2D eigenvalue weighted by Gasteiger charge is -2.25. The first-order valence-corrected chi connectivity index (χ1v) is 11.5. The van der Waals surface area contributed by atoms with Gasteiger partial charge in [-0.25, -0.2) is 9.59 Å². The number of benzene rings is 2. The Balaban J connectivity index is 1.48. The number of rotatable bonds is 6. The van der Waals surface area contributed by atoms with E-state index >= 15 is 0 Å². The van der Waals surface area contributed by atoms with Gasteiger partial charge in [0.2, 0.25) is 0 Å². The highest BCUT2D eigenvalue weighted by molar-refractivity contribution is 5.82. The number of hydrogen-bond acceptors (Lipinski definition) is 5. The Labute approximate surface area is 200 Å². The fourth-order valence-corrected chi connectivity index (χ4v) is 4.28. The van der Waals surface area contributed by atoms with Crippen molar-refractivity contribution in [3.8, 4) is 11.1 Å². The Morgan fingerprint density at radius 2 is 1.62 bits per heavy atom. The second-order valence-electron chi connectivity index (χ2n) is 9.56. The SMILES string of the molecule is Cc1ccncc1CC(NC(=O)OCC1c2ccccc2-c2ccccc21)C(=O)OC(C)(C)C. The maximum Gasteiger partial charge on any atom is 0.407 e. The molecule has 1 amide bonds. The van der Waals surface area contributed by atoms with Gasteiger partial charge in [0.05, 0.1) is 0 Å². The third-order valence-electron chi connectivity index (χ3n) is 5.90. The van der Waals surface area contributed by atoms with Crippen molar-refractivity contribution in [2.75, 3.05) is 6.61 Å². The first-order valence-electron chi connectivity index (χ1n) is 11.5. The van der Waals surface area contributed by atoms with E-state index in [1.54, 1.807) is 33.2 Å². The molecule has 3 aromatic rings. The Bertz CT molecular complexity index is 1150. The van der Waals surface area contributed by atoms with Gasteiger partial charge in [0.1, 0.15) is 18.2 Å². The van der Waals surface area contributed by atoms with Crippen LogP contribution in [-0.4, -0.2) is 35.3 Å². The molecule has 0 fully saturated rings. The molecule has 34 heavy (non-hydrogen) atoms. The molecule has 0 radical (unpaired) electrons. The van der Waals surface area contributed by atoms with Crippen LogP contribution in [0.4, 0.5) is 4.79 Å². The standard InChI is InChI=1S/C28H30N2O4/c1-18-13-14-29-16-19(18)15-25(26(31)34-28(2,3)4)30-27(32)33-17-24-22-11-7-5-9-20(22)21-10-6-8-12-23(21)24/h5-14,16,24-25H,15,17H2,1-4H3,(H,30,32). The number of hydrogen-bond donors (Lipinski definition) is 1. The van der Waals surface area contributed by atoms with E-state index in [4.69, 9.17) is 9.47 Å². The number of fused-ring (bicyclic) bond motifs is 3. The minimum absolute atomic E-state index is 0.0568. The first kappa shape index (κ1) is 23.5. The average molecular weight is 459 g/mol. The van der Waals surface area contributed by atoms with E-state index in [-0.39, 0.29) is 18.9 Å². The molecule has 6 heteroatoms. The van der Waals surface area contributed by atoms with Gasteiger partial charge < -0.3 is 14.8 Å². The second-order valence-corrected chi connectivity index (χ2v) is 9.56. The van der Waals surface area contributed by atoms with E-state index in [0.29, 0.717) is 0 Å². The highest BCUT2D eigenvalue weighted by atomic mass is 16.6. The maximum atomic E-state index is 12.9. The third-order valence-corrected chi connectivity index (χ3v) is 5.90. The Hall–Kier alpha value is -3.67. The molecular formula is C28H30N2O4. The third kappa shape index (κ3) is 5.28. The van der Waals surface area contributed by atoms with Crippen molar-refractivity contribution in [1.82, 2.24) is 10.3 Å². The zero-order valence-corrected chi connectivity index (χ0v) is 20.0. The number of aryl methyl sites for hydroxylation is 1. The van der Waals surface area contributed by atoms with Crippen LogP contribution in [0.5, 0.6) is 0 Å². The van der Waals surface area contributed by atoms with Crippen molar-refractivity contribution in [3.63, 3.8) is 0 Å². The fraction of sp³-hybridized carbons (Fsp3) is 0.321. The normalized spacial score (nSPS) is 13.5. The molecule has 0 saturated heterocycles. The number of carbonyl (C=O) groups excluding carboxylic acids is 2. The molecule has 4 rings (SSSR count). The summed E-state index contributed by atoms with van der Waals surface area (Å²) < 4.78 is 11.2. The number of pyridine rings is 1. The minimum Gasteiger partial charge on any atom is -0.458 e. The zero-order valence-electron chi connectivity index (χ0n) is 20.0. The quantitative estimate of drug-likeness (QED) is 0.515. The van der Waals surface area contributed by atoms with Crippen LogP contribution in [-0.2, 0) is 20.7 Å². The monoisotopic (exact) mass is 458 g/mol. The van der Waals surface area contributed by atoms with Crippen molar-refractivity contribution in [2.45, 2.75) is 51.7 Å². The number of aromatic nitrogens is 1. The fourth-order valence-electron chi connectivity index (χ4n) is 4.28. The lowest BCUT2D eigenvalue weighted by Crippen LogP contribution is -2.46. The molecule has 0 aliphatic heterocycles. The average Bonchev–Trinajstić information content (AvgIpc) is 3.11. The predicted octanol–water partition coefficient (Wildman–Crippen LogP) is 5.18. The molecule has 0 saturated carbocycles. The van der Waals surface area contributed by atoms with Crippen molar-refractivity contribution >= 4 is 12.1 Å². The van der Waals surface area contributed by atoms with Gasteiger partial charge >= 0.3 is 12.1 Å². The first-order chi connectivity index (χ1) is 16.2. The van der Waals surface area contributed by atoms with Gasteiger partial charge in [-0.2, -0.15) is 0 Å². The lowest BCUT2D eigenvalue weighted by molar-refractivity contribution is -0.157. The summed E-state index contributed by atoms with van der Waals surface area (Å²) in [7, 11) is 0. The van der Waals surface area contributed by atoms with E-state index in [1.807, 2.05) is 37.3 Å². The van der Waals surface area contributed by atoms with Crippen LogP contribution in [0.15, 0.2) is 67.0 Å². The zero-order chi connectivity index (χ0) is 24.3. The second kappa shape index (κ2) is 9.67. The number of alkyl carbamates (subject to hydrolysis) is 1. The number of amides is 1. The van der Waals surface area contributed by atoms with E-state index in [1.165, 1.54) is 0 Å². The number of nitrogens with one attached hydrogen (secondary N) is 1. The van der Waals surface area contributed by atoms with Crippen LogP contribution < -0.4 is 5.32 Å². The van der Waals surface area contributed by atoms with E-state index in [2.05, 4.69) is 34.6 Å². The molecule has 2 aromatic carbocycles. The summed E-state index contributed by atoms with van der Waals surface area (Å²) in [6.45, 7) is 7.50. The summed E-state index contributed by atoms with van der Waals surface area (Å²) in [5.74, 6) is -0.567. The van der Waals surface area contributed by atoms with Gasteiger partial charge in [0.15, 0.2) is 0 Å². The van der Waals surface area contributed by atoms with Crippen LogP contribution in [0, 0.1) is 6.92 Å². The molecule has 1 aliphatic rings. The minimum atomic E-state index is -0.891. The molecule has 1 atom stereocenters. The van der Waals surface area contributed by atoms with Crippen LogP contribution in [0.1, 0.15) is 48.9 Å². The highest BCUT2D eigenvalue weighted by Crippen LogP contribution is 2.44. The number of nitrogens with zero attached hydrogens (tertiary/aromatic N) is 1. The van der Waals surface area contributed by atoms with Crippen LogP contribution in [0.3, 0.4) is 0 Å². The van der Waals surface area contributed by atoms with Gasteiger partial charge in [-0.05, 0) is 67.1 Å². The van der Waals surface area contributed by atoms with E-state index in [9.17, 15) is 9.59 Å². The van der Waals surface area contributed by atoms with E-state index in [0.717, 1.165) is 33.4 Å². The largest absolute Gasteiger partial charge is 0.458 e. The van der Waals surface area contributed by atoms with Crippen LogP contribution in [0.25, 0.3) is 11.1 Å². The summed E-state index contributed by atoms with van der Waals surface area (Å²) in [5, 5.41) is 2.72. The predicted molar refractivity (Wildman–Crippen MR) is 131 cm³/mol. The molecular weight excluding hydrogens is 428 g/mol. The molecule has 1 unspecified atom stereocenters. The lowest BCUT2D eigenvalue weighted by atomic mass is 9.98. The van der Waals surface area contributed by atoms with E-state index < -0.39 is 23.7 Å². The molecule has 1 aromatic heterocycles. The molecule has 0 bridgehead atoms. The summed E-state index contributed by atoms with van der Waals surface area (Å²) in [6, 6.07) is 17.3. The highest BCUT2D eigenvalue weighted by Gasteiger charge is 2.31. The maximum absolute atomic E-state index is 12.9. The van der Waals surface area contributed by atoms with Gasteiger partial charge in [-0.3, -0.25) is 4.98 Å². The number of carbonyl (C=O) groups is 2. The Kier molecular flexibility index (Phi) is 6.68. The molecule has 1 heterocycles. The van der Waals surface area contributed by atoms with Crippen LogP contribution >= 0.6 is 0 Å². The van der Waals surface area contributed by atoms with Crippen molar-refractivity contribution in [2.24, 2.45) is 0 Å². The summed E-state index contributed by atoms with van der Waals surface area (Å²) >= 11 is 0. The Morgan fingerprint density at radius 3 is 2.21 bits per heavy atom. The Morgan fingerprint density at radius 1 is 1.00 bits per heavy atom. The van der Waals surface area contributed by atoms with Gasteiger partial charge in [-0.15, -0.1) is 0 Å². The number of esters is 1. The van der Waals surface area contributed by atoms with Crippen molar-refractivity contribution in [1.29, 1.82) is 0 Å². The number of ether oxygens (including phenoxy) is 2. The van der Waals surface area contributed by atoms with Crippen molar-refractivity contribution < 1.29 is 19.1 Å². The summed E-state index contributed by atoms with van der Waals surface area (Å²) in [5.41, 5.74) is 5.74. The van der Waals surface area contributed by atoms with Crippen LogP contribution in [0.2, 0.25) is 0 Å². The van der Waals surface area contributed by atoms with Gasteiger partial charge in [0, 0.05) is 24.7 Å². The van der Waals surface area contributed by atoms with Gasteiger partial charge in [0.25, 0.3) is 0 Å². The topological polar surface area (TPSA) is 77.5 Å². The summed E-state index contributed by atoms with van der Waals surface area (Å²) in [4.78, 5) is 29.9. The molecule has 1 aliphatic carbocycles. The van der Waals surface area contributed by atoms with Gasteiger partial charge in [-0.1, -0.05) is 48.5 Å². The smallest absolute Gasteiger partial charge is 0.407 e.